The Kier molecular flexibility index (Phi) is 4.76. The van der Waals surface area contributed by atoms with Gasteiger partial charge in [-0.3, -0.25) is 4.90 Å². The Balaban J connectivity index is 2.28. The number of carbonyl (C=O) groups is 1. The van der Waals surface area contributed by atoms with Crippen LogP contribution in [0, 0.1) is 0 Å². The summed E-state index contributed by atoms with van der Waals surface area (Å²) >= 11 is 0. The summed E-state index contributed by atoms with van der Waals surface area (Å²) in [6.07, 6.45) is 0. The molecule has 0 aliphatic carbocycles. The molecule has 0 amide bonds. The molecule has 5 heteroatoms. The first-order valence-corrected chi connectivity index (χ1v) is 6.63. The topological polar surface area (TPSA) is 61.8 Å². The number of hydrogen-bond donors (Lipinski definition) is 2. The highest BCUT2D eigenvalue weighted by Crippen LogP contribution is 2.29. The maximum absolute atomic E-state index is 12.2. The van der Waals surface area contributed by atoms with E-state index in [9.17, 15) is 9.90 Å². The molecular formula is C14H20N2O3. The number of hydrogen-bond acceptors (Lipinski definition) is 5. The van der Waals surface area contributed by atoms with E-state index < -0.39 is 6.04 Å². The van der Waals surface area contributed by atoms with Crippen LogP contribution in [0.15, 0.2) is 24.3 Å². The van der Waals surface area contributed by atoms with Crippen molar-refractivity contribution in [3.8, 4) is 5.75 Å². The lowest BCUT2D eigenvalue weighted by Crippen LogP contribution is -2.47. The predicted octanol–water partition coefficient (Wildman–Crippen LogP) is 0.902. The number of piperazine rings is 1. The third-order valence-corrected chi connectivity index (χ3v) is 3.26. The van der Waals surface area contributed by atoms with Gasteiger partial charge in [-0.05, 0) is 13.0 Å². The van der Waals surface area contributed by atoms with Gasteiger partial charge in [0.25, 0.3) is 0 Å². The fraction of sp³-hybridized carbons (Fsp3) is 0.500. The first kappa shape index (κ1) is 13.8. The van der Waals surface area contributed by atoms with Gasteiger partial charge in [0.15, 0.2) is 0 Å². The van der Waals surface area contributed by atoms with Crippen molar-refractivity contribution in [1.29, 1.82) is 0 Å². The van der Waals surface area contributed by atoms with Crippen LogP contribution >= 0.6 is 0 Å². The average Bonchev–Trinajstić information content (AvgIpc) is 2.43. The Hall–Kier alpha value is -1.59. The highest BCUT2D eigenvalue weighted by molar-refractivity contribution is 5.78. The Bertz CT molecular complexity index is 430. The zero-order valence-electron chi connectivity index (χ0n) is 11.1. The molecule has 5 nitrogen and oxygen atoms in total. The summed E-state index contributed by atoms with van der Waals surface area (Å²) in [7, 11) is 0. The zero-order valence-corrected chi connectivity index (χ0v) is 11.1. The maximum Gasteiger partial charge on any atom is 0.328 e. The molecule has 1 unspecified atom stereocenters. The van der Waals surface area contributed by atoms with Crippen molar-refractivity contribution in [2.45, 2.75) is 13.0 Å². The molecule has 19 heavy (non-hydrogen) atoms. The Labute approximate surface area is 113 Å². The molecule has 1 aromatic rings. The monoisotopic (exact) mass is 264 g/mol. The van der Waals surface area contributed by atoms with Gasteiger partial charge in [-0.1, -0.05) is 18.2 Å². The number of ether oxygens (including phenoxy) is 1. The van der Waals surface area contributed by atoms with Crippen LogP contribution in [0.4, 0.5) is 0 Å². The van der Waals surface area contributed by atoms with Crippen LogP contribution in [0.1, 0.15) is 18.5 Å². The fourth-order valence-electron chi connectivity index (χ4n) is 2.35. The van der Waals surface area contributed by atoms with E-state index in [0.717, 1.165) is 26.2 Å². The number of phenols is 1. The average molecular weight is 264 g/mol. The molecule has 1 saturated heterocycles. The summed E-state index contributed by atoms with van der Waals surface area (Å²) < 4.78 is 5.15. The minimum absolute atomic E-state index is 0.138. The van der Waals surface area contributed by atoms with E-state index in [-0.39, 0.29) is 11.7 Å². The van der Waals surface area contributed by atoms with Gasteiger partial charge in [-0.15, -0.1) is 0 Å². The molecule has 1 aliphatic heterocycles. The summed E-state index contributed by atoms with van der Waals surface area (Å²) in [6, 6.07) is 6.42. The molecule has 1 atom stereocenters. The van der Waals surface area contributed by atoms with Crippen molar-refractivity contribution < 1.29 is 14.6 Å². The molecule has 0 spiro atoms. The van der Waals surface area contributed by atoms with Crippen molar-refractivity contribution in [3.05, 3.63) is 29.8 Å². The van der Waals surface area contributed by atoms with Gasteiger partial charge in [0, 0.05) is 31.7 Å². The second-order valence-electron chi connectivity index (χ2n) is 4.50. The largest absolute Gasteiger partial charge is 0.508 e. The normalized spacial score (nSPS) is 17.9. The van der Waals surface area contributed by atoms with E-state index in [0.29, 0.717) is 12.2 Å². The third-order valence-electron chi connectivity index (χ3n) is 3.26. The lowest BCUT2D eigenvalue weighted by molar-refractivity contribution is -0.150. The number of benzene rings is 1. The molecule has 104 valence electrons. The molecule has 0 bridgehead atoms. The Morgan fingerprint density at radius 1 is 1.42 bits per heavy atom. The fourth-order valence-corrected chi connectivity index (χ4v) is 2.35. The van der Waals surface area contributed by atoms with Gasteiger partial charge in [-0.25, -0.2) is 4.79 Å². The zero-order chi connectivity index (χ0) is 13.7. The van der Waals surface area contributed by atoms with Crippen LogP contribution in [0.5, 0.6) is 5.75 Å². The molecular weight excluding hydrogens is 244 g/mol. The molecule has 1 aromatic carbocycles. The van der Waals surface area contributed by atoms with Crippen molar-refractivity contribution in [2.75, 3.05) is 32.8 Å². The van der Waals surface area contributed by atoms with Gasteiger partial charge < -0.3 is 15.2 Å². The van der Waals surface area contributed by atoms with Gasteiger partial charge in [0.1, 0.15) is 11.8 Å². The van der Waals surface area contributed by atoms with Gasteiger partial charge in [-0.2, -0.15) is 0 Å². The first-order chi connectivity index (χ1) is 9.24. The molecule has 0 radical (unpaired) electrons. The number of nitrogens with one attached hydrogen (secondary N) is 1. The number of para-hydroxylation sites is 1. The van der Waals surface area contributed by atoms with Gasteiger partial charge >= 0.3 is 5.97 Å². The first-order valence-electron chi connectivity index (χ1n) is 6.63. The summed E-state index contributed by atoms with van der Waals surface area (Å²) in [5.74, 6) is -0.162. The number of phenolic OH excluding ortho intramolecular Hbond substituents is 1. The number of nitrogens with zero attached hydrogens (tertiary/aromatic N) is 1. The molecule has 2 N–H and O–H groups in total. The van der Waals surface area contributed by atoms with E-state index in [1.54, 1.807) is 25.1 Å². The van der Waals surface area contributed by atoms with Gasteiger partial charge in [0.05, 0.1) is 6.61 Å². The van der Waals surface area contributed by atoms with E-state index in [1.807, 2.05) is 11.0 Å². The van der Waals surface area contributed by atoms with E-state index >= 15 is 0 Å². The van der Waals surface area contributed by atoms with Crippen LogP contribution in [0.3, 0.4) is 0 Å². The predicted molar refractivity (Wildman–Crippen MR) is 71.9 cm³/mol. The van der Waals surface area contributed by atoms with Crippen LogP contribution < -0.4 is 5.32 Å². The van der Waals surface area contributed by atoms with Crippen molar-refractivity contribution in [1.82, 2.24) is 10.2 Å². The summed E-state index contributed by atoms with van der Waals surface area (Å²) in [5, 5.41) is 13.2. The second kappa shape index (κ2) is 6.54. The third kappa shape index (κ3) is 3.24. The van der Waals surface area contributed by atoms with Crippen molar-refractivity contribution >= 4 is 5.97 Å². The van der Waals surface area contributed by atoms with E-state index in [2.05, 4.69) is 5.32 Å². The van der Waals surface area contributed by atoms with Crippen LogP contribution in [-0.2, 0) is 9.53 Å². The quantitative estimate of drug-likeness (QED) is 0.791. The van der Waals surface area contributed by atoms with Crippen molar-refractivity contribution in [3.63, 3.8) is 0 Å². The molecule has 1 heterocycles. The number of aromatic hydroxyl groups is 1. The number of rotatable bonds is 4. The SMILES string of the molecule is CCOC(=O)C(c1ccccc1O)N1CCNCC1. The van der Waals surface area contributed by atoms with Gasteiger partial charge in [0.2, 0.25) is 0 Å². The van der Waals surface area contributed by atoms with E-state index in [1.165, 1.54) is 0 Å². The smallest absolute Gasteiger partial charge is 0.328 e. The standard InChI is InChI=1S/C14H20N2O3/c1-2-19-14(18)13(16-9-7-15-8-10-16)11-5-3-4-6-12(11)17/h3-6,13,15,17H,2,7-10H2,1H3. The molecule has 0 saturated carbocycles. The highest BCUT2D eigenvalue weighted by atomic mass is 16.5. The Morgan fingerprint density at radius 2 is 2.11 bits per heavy atom. The van der Waals surface area contributed by atoms with Crippen LogP contribution in [0.2, 0.25) is 0 Å². The lowest BCUT2D eigenvalue weighted by atomic mass is 10.0. The summed E-state index contributed by atoms with van der Waals surface area (Å²) in [6.45, 7) is 5.33. The van der Waals surface area contributed by atoms with Crippen LogP contribution in [0.25, 0.3) is 0 Å². The maximum atomic E-state index is 12.2. The minimum Gasteiger partial charge on any atom is -0.508 e. The molecule has 2 rings (SSSR count). The summed E-state index contributed by atoms with van der Waals surface area (Å²) in [5.41, 5.74) is 0.614. The minimum atomic E-state index is -0.525. The molecule has 1 aliphatic rings. The molecule has 0 aromatic heterocycles. The molecule has 1 fully saturated rings. The van der Waals surface area contributed by atoms with E-state index in [4.69, 9.17) is 4.74 Å². The highest BCUT2D eigenvalue weighted by Gasteiger charge is 2.31. The number of carbonyl (C=O) groups excluding carboxylic acids is 1. The van der Waals surface area contributed by atoms with Crippen molar-refractivity contribution in [2.24, 2.45) is 0 Å². The lowest BCUT2D eigenvalue weighted by Gasteiger charge is -2.33. The second-order valence-corrected chi connectivity index (χ2v) is 4.50. The van der Waals surface area contributed by atoms with Crippen LogP contribution in [-0.4, -0.2) is 48.8 Å². The summed E-state index contributed by atoms with van der Waals surface area (Å²) in [4.78, 5) is 14.2. The number of esters is 1. The Morgan fingerprint density at radius 3 is 2.74 bits per heavy atom.